The molecule has 27 heavy (non-hydrogen) atoms. The van der Waals surface area contributed by atoms with E-state index in [-0.39, 0.29) is 0 Å². The third-order valence-corrected chi connectivity index (χ3v) is 5.72. The molecule has 1 saturated heterocycles. The first-order valence-electron chi connectivity index (χ1n) is 10.2. The maximum atomic E-state index is 5.01. The Balaban J connectivity index is 1.52. The van der Waals surface area contributed by atoms with Gasteiger partial charge in [0.1, 0.15) is 5.82 Å². The van der Waals surface area contributed by atoms with E-state index in [1.165, 1.54) is 35.2 Å². The molecule has 0 bridgehead atoms. The van der Waals surface area contributed by atoms with Gasteiger partial charge in [0.2, 0.25) is 0 Å². The molecule has 0 amide bonds. The van der Waals surface area contributed by atoms with Crippen molar-refractivity contribution in [1.29, 1.82) is 0 Å². The molecule has 1 aromatic heterocycles. The van der Waals surface area contributed by atoms with Crippen LogP contribution in [0.4, 0.5) is 0 Å². The Morgan fingerprint density at radius 2 is 2.04 bits per heavy atom. The fourth-order valence-electron chi connectivity index (χ4n) is 4.31. The summed E-state index contributed by atoms with van der Waals surface area (Å²) in [6.07, 6.45) is 9.12. The number of likely N-dealkylation sites (N-methyl/N-ethyl adjacent to an activating group) is 1. The standard InChI is InChI=1S/C23H30N4/c1-18(14-19-8-4-3-5-9-19)16-27-12-7-6-10-22(27)23-24-15-20-17-26(2)13-11-21(20)25-23/h3-5,8-9,14-15,22H,6-7,10-13,16-17H2,1-2H3. The highest BCUT2D eigenvalue weighted by molar-refractivity contribution is 5.52. The van der Waals surface area contributed by atoms with Crippen LogP contribution in [0.1, 0.15) is 54.9 Å². The zero-order valence-corrected chi connectivity index (χ0v) is 16.6. The van der Waals surface area contributed by atoms with Crippen molar-refractivity contribution in [2.45, 2.75) is 45.2 Å². The molecule has 0 radical (unpaired) electrons. The van der Waals surface area contributed by atoms with Crippen molar-refractivity contribution in [3.8, 4) is 0 Å². The van der Waals surface area contributed by atoms with E-state index in [9.17, 15) is 0 Å². The Kier molecular flexibility index (Phi) is 5.65. The molecule has 1 atom stereocenters. The van der Waals surface area contributed by atoms with Gasteiger partial charge >= 0.3 is 0 Å². The van der Waals surface area contributed by atoms with Gasteiger partial charge in [-0.2, -0.15) is 0 Å². The van der Waals surface area contributed by atoms with E-state index in [2.05, 4.69) is 66.4 Å². The third kappa shape index (κ3) is 4.45. The summed E-state index contributed by atoms with van der Waals surface area (Å²) in [6, 6.07) is 10.9. The molecule has 2 aromatic rings. The fraction of sp³-hybridized carbons (Fsp3) is 0.478. The number of piperidine rings is 1. The fourth-order valence-corrected chi connectivity index (χ4v) is 4.31. The molecule has 0 spiro atoms. The van der Waals surface area contributed by atoms with Gasteiger partial charge in [0, 0.05) is 43.5 Å². The number of hydrogen-bond acceptors (Lipinski definition) is 4. The molecular weight excluding hydrogens is 332 g/mol. The summed E-state index contributed by atoms with van der Waals surface area (Å²) in [5.41, 5.74) is 5.24. The molecule has 4 nitrogen and oxygen atoms in total. The zero-order chi connectivity index (χ0) is 18.6. The van der Waals surface area contributed by atoms with Gasteiger partial charge in [-0.05, 0) is 38.9 Å². The molecule has 0 N–H and O–H groups in total. The van der Waals surface area contributed by atoms with Crippen LogP contribution >= 0.6 is 0 Å². The van der Waals surface area contributed by atoms with Crippen LogP contribution in [0.5, 0.6) is 0 Å². The number of hydrogen-bond donors (Lipinski definition) is 0. The summed E-state index contributed by atoms with van der Waals surface area (Å²) < 4.78 is 0. The van der Waals surface area contributed by atoms with E-state index >= 15 is 0 Å². The maximum absolute atomic E-state index is 5.01. The largest absolute Gasteiger partial charge is 0.302 e. The maximum Gasteiger partial charge on any atom is 0.145 e. The SMILES string of the molecule is CC(=Cc1ccccc1)CN1CCCCC1c1ncc2c(n1)CCN(C)C2. The van der Waals surface area contributed by atoms with Crippen LogP contribution < -0.4 is 0 Å². The van der Waals surface area contributed by atoms with Crippen molar-refractivity contribution in [2.75, 3.05) is 26.7 Å². The van der Waals surface area contributed by atoms with Gasteiger partial charge in [-0.15, -0.1) is 0 Å². The first kappa shape index (κ1) is 18.3. The van der Waals surface area contributed by atoms with Gasteiger partial charge < -0.3 is 4.90 Å². The van der Waals surface area contributed by atoms with E-state index in [1.807, 2.05) is 0 Å². The summed E-state index contributed by atoms with van der Waals surface area (Å²) in [6.45, 7) is 6.43. The molecule has 0 aliphatic carbocycles. The normalized spacial score (nSPS) is 21.9. The lowest BCUT2D eigenvalue weighted by Gasteiger charge is -2.35. The minimum atomic E-state index is 0.350. The van der Waals surface area contributed by atoms with Crippen molar-refractivity contribution < 1.29 is 0 Å². The lowest BCUT2D eigenvalue weighted by Crippen LogP contribution is -2.36. The Labute approximate surface area is 162 Å². The molecule has 0 saturated carbocycles. The molecule has 1 fully saturated rings. The van der Waals surface area contributed by atoms with Crippen LogP contribution in [-0.2, 0) is 13.0 Å². The second-order valence-corrected chi connectivity index (χ2v) is 8.07. The molecule has 2 aliphatic rings. The van der Waals surface area contributed by atoms with Gasteiger partial charge in [0.05, 0.1) is 6.04 Å². The van der Waals surface area contributed by atoms with Gasteiger partial charge in [-0.3, -0.25) is 4.90 Å². The molecule has 4 heteroatoms. The average Bonchev–Trinajstić information content (AvgIpc) is 2.69. The third-order valence-electron chi connectivity index (χ3n) is 5.72. The van der Waals surface area contributed by atoms with Crippen molar-refractivity contribution in [2.24, 2.45) is 0 Å². The van der Waals surface area contributed by atoms with E-state index in [0.717, 1.165) is 44.8 Å². The highest BCUT2D eigenvalue weighted by Gasteiger charge is 2.27. The van der Waals surface area contributed by atoms with Crippen LogP contribution in [0.15, 0.2) is 42.1 Å². The second kappa shape index (κ2) is 8.32. The van der Waals surface area contributed by atoms with Gasteiger partial charge in [0.15, 0.2) is 0 Å². The monoisotopic (exact) mass is 362 g/mol. The minimum Gasteiger partial charge on any atom is -0.302 e. The van der Waals surface area contributed by atoms with Crippen LogP contribution in [-0.4, -0.2) is 46.4 Å². The highest BCUT2D eigenvalue weighted by Crippen LogP contribution is 2.30. The van der Waals surface area contributed by atoms with Crippen LogP contribution in [0.3, 0.4) is 0 Å². The van der Waals surface area contributed by atoms with Crippen LogP contribution in [0.2, 0.25) is 0 Å². The first-order valence-corrected chi connectivity index (χ1v) is 10.2. The van der Waals surface area contributed by atoms with Crippen molar-refractivity contribution in [3.63, 3.8) is 0 Å². The second-order valence-electron chi connectivity index (χ2n) is 8.07. The molecule has 4 rings (SSSR count). The molecule has 2 aliphatic heterocycles. The molecule has 1 aromatic carbocycles. The summed E-state index contributed by atoms with van der Waals surface area (Å²) in [5.74, 6) is 1.03. The first-order chi connectivity index (χ1) is 13.2. The number of fused-ring (bicyclic) bond motifs is 1. The zero-order valence-electron chi connectivity index (χ0n) is 16.6. The average molecular weight is 363 g/mol. The van der Waals surface area contributed by atoms with Gasteiger partial charge in [0.25, 0.3) is 0 Å². The van der Waals surface area contributed by atoms with E-state index in [0.29, 0.717) is 6.04 Å². The Morgan fingerprint density at radius 3 is 2.89 bits per heavy atom. The Bertz CT molecular complexity index is 799. The van der Waals surface area contributed by atoms with Crippen molar-refractivity contribution >= 4 is 6.08 Å². The molecule has 1 unspecified atom stereocenters. The quantitative estimate of drug-likeness (QED) is 0.820. The summed E-state index contributed by atoms with van der Waals surface area (Å²) in [4.78, 5) is 14.7. The number of benzene rings is 1. The van der Waals surface area contributed by atoms with Crippen molar-refractivity contribution in [1.82, 2.24) is 19.8 Å². The summed E-state index contributed by atoms with van der Waals surface area (Å²) in [7, 11) is 2.17. The summed E-state index contributed by atoms with van der Waals surface area (Å²) in [5, 5.41) is 0. The van der Waals surface area contributed by atoms with E-state index in [1.54, 1.807) is 0 Å². The number of aromatic nitrogens is 2. The van der Waals surface area contributed by atoms with Gasteiger partial charge in [-0.25, -0.2) is 9.97 Å². The smallest absolute Gasteiger partial charge is 0.145 e. The van der Waals surface area contributed by atoms with E-state index in [4.69, 9.17) is 9.97 Å². The van der Waals surface area contributed by atoms with Crippen molar-refractivity contribution in [3.05, 3.63) is 64.7 Å². The lowest BCUT2D eigenvalue weighted by molar-refractivity contribution is 0.155. The number of likely N-dealkylation sites (tertiary alicyclic amines) is 1. The molecular formula is C23H30N4. The number of nitrogens with zero attached hydrogens (tertiary/aromatic N) is 4. The van der Waals surface area contributed by atoms with Crippen LogP contribution in [0.25, 0.3) is 6.08 Å². The predicted octanol–water partition coefficient (Wildman–Crippen LogP) is 4.10. The Hall–Kier alpha value is -2.04. The lowest BCUT2D eigenvalue weighted by atomic mass is 9.99. The minimum absolute atomic E-state index is 0.350. The summed E-state index contributed by atoms with van der Waals surface area (Å²) >= 11 is 0. The van der Waals surface area contributed by atoms with Gasteiger partial charge in [-0.1, -0.05) is 48.4 Å². The molecule has 142 valence electrons. The van der Waals surface area contributed by atoms with E-state index < -0.39 is 0 Å². The number of rotatable bonds is 4. The topological polar surface area (TPSA) is 32.3 Å². The predicted molar refractivity (Wildman–Crippen MR) is 110 cm³/mol. The Morgan fingerprint density at radius 1 is 1.19 bits per heavy atom. The van der Waals surface area contributed by atoms with Crippen LogP contribution in [0, 0.1) is 0 Å². The highest BCUT2D eigenvalue weighted by atomic mass is 15.2. The molecule has 3 heterocycles.